The van der Waals surface area contributed by atoms with E-state index in [1.807, 2.05) is 0 Å². The van der Waals surface area contributed by atoms with Crippen LogP contribution in [0.15, 0.2) is 32.3 Å². The molecule has 1 aliphatic heterocycles. The normalized spacial score (nSPS) is 14.5. The Balaban J connectivity index is 2.68. The molecule has 0 radical (unpaired) electrons. The van der Waals surface area contributed by atoms with E-state index in [0.717, 1.165) is 14.2 Å². The van der Waals surface area contributed by atoms with Gasteiger partial charge < -0.3 is 23.8 Å². The maximum atomic E-state index is 12.8. The van der Waals surface area contributed by atoms with E-state index in [9.17, 15) is 18.4 Å². The van der Waals surface area contributed by atoms with Crippen LogP contribution in [0.25, 0.3) is 0 Å². The third-order valence-corrected chi connectivity index (χ3v) is 4.37. The second-order valence-electron chi connectivity index (χ2n) is 4.83. The molecule has 0 aromatic heterocycles. The molecule has 11 heteroatoms. The van der Waals surface area contributed by atoms with Crippen LogP contribution in [0.2, 0.25) is 0 Å². The van der Waals surface area contributed by atoms with Crippen molar-refractivity contribution in [2.45, 2.75) is 6.61 Å². The Kier molecular flexibility index (Phi) is 6.95. The van der Waals surface area contributed by atoms with Gasteiger partial charge in [0.15, 0.2) is 5.75 Å². The van der Waals surface area contributed by atoms with Gasteiger partial charge in [-0.3, -0.25) is 0 Å². The van der Waals surface area contributed by atoms with Gasteiger partial charge >= 0.3 is 18.6 Å². The van der Waals surface area contributed by atoms with Gasteiger partial charge in [0, 0.05) is 8.95 Å². The Hall–Kier alpha value is -1.72. The molecule has 0 spiro atoms. The zero-order chi connectivity index (χ0) is 19.4. The lowest BCUT2D eigenvalue weighted by Crippen LogP contribution is -2.39. The van der Waals surface area contributed by atoms with Crippen LogP contribution < -0.4 is 9.64 Å². The molecule has 1 aromatic rings. The van der Waals surface area contributed by atoms with Gasteiger partial charge in [0.25, 0.3) is 0 Å². The second kappa shape index (κ2) is 8.78. The summed E-state index contributed by atoms with van der Waals surface area (Å²) in [4.78, 5) is 25.5. The number of ether oxygens (including phenoxy) is 4. The van der Waals surface area contributed by atoms with E-state index in [0.29, 0.717) is 8.95 Å². The Morgan fingerprint density at radius 1 is 1.19 bits per heavy atom. The van der Waals surface area contributed by atoms with Gasteiger partial charge in [-0.25, -0.2) is 9.59 Å². The lowest BCUT2D eigenvalue weighted by atomic mass is 10.1. The first-order chi connectivity index (χ1) is 12.3. The zero-order valence-corrected chi connectivity index (χ0v) is 16.7. The van der Waals surface area contributed by atoms with Gasteiger partial charge in [-0.2, -0.15) is 8.78 Å². The average Bonchev–Trinajstić information content (AvgIpc) is 2.58. The van der Waals surface area contributed by atoms with Crippen molar-refractivity contribution in [2.24, 2.45) is 0 Å². The van der Waals surface area contributed by atoms with Crippen molar-refractivity contribution in [3.63, 3.8) is 0 Å². The summed E-state index contributed by atoms with van der Waals surface area (Å²) in [6.45, 7) is -3.51. The number of halogens is 4. The molecule has 0 atom stereocenters. The molecule has 1 aliphatic rings. The molecular weight excluding hydrogens is 488 g/mol. The molecule has 0 bridgehead atoms. The Morgan fingerprint density at radius 3 is 2.42 bits per heavy atom. The standard InChI is InChI=1S/C15H13Br2F2NO6/c1-23-13(21)8-5-25-6-20(11(8)14(22)24-2)12-9(17)3-7(16)4-10(12)26-15(18)19/h3-4,15H,5-6H2,1-2H3. The van der Waals surface area contributed by atoms with Crippen molar-refractivity contribution in [1.29, 1.82) is 0 Å². The minimum absolute atomic E-state index is 0.0648. The number of carbonyl (C=O) groups is 2. The highest BCUT2D eigenvalue weighted by Gasteiger charge is 2.35. The quantitative estimate of drug-likeness (QED) is 0.575. The molecule has 0 unspecified atom stereocenters. The number of carbonyl (C=O) groups excluding carboxylic acids is 2. The Morgan fingerprint density at radius 2 is 1.85 bits per heavy atom. The predicted molar refractivity (Wildman–Crippen MR) is 92.8 cm³/mol. The van der Waals surface area contributed by atoms with Gasteiger partial charge in [-0.05, 0) is 28.1 Å². The maximum absolute atomic E-state index is 12.8. The van der Waals surface area contributed by atoms with E-state index in [-0.39, 0.29) is 36.0 Å². The van der Waals surface area contributed by atoms with Crippen LogP contribution in [0.1, 0.15) is 0 Å². The minimum atomic E-state index is -3.11. The van der Waals surface area contributed by atoms with E-state index >= 15 is 0 Å². The van der Waals surface area contributed by atoms with Crippen molar-refractivity contribution in [1.82, 2.24) is 0 Å². The summed E-state index contributed by atoms with van der Waals surface area (Å²) in [5, 5.41) is 0. The van der Waals surface area contributed by atoms with Crippen molar-refractivity contribution in [3.8, 4) is 5.75 Å². The summed E-state index contributed by atoms with van der Waals surface area (Å²) in [6.07, 6.45) is 0. The lowest BCUT2D eigenvalue weighted by molar-refractivity contribution is -0.140. The molecule has 0 fully saturated rings. The van der Waals surface area contributed by atoms with E-state index in [1.165, 1.54) is 11.0 Å². The highest BCUT2D eigenvalue weighted by Crippen LogP contribution is 2.42. The number of methoxy groups -OCH3 is 2. The van der Waals surface area contributed by atoms with E-state index in [1.54, 1.807) is 6.07 Å². The van der Waals surface area contributed by atoms with Gasteiger partial charge in [0.2, 0.25) is 0 Å². The van der Waals surface area contributed by atoms with E-state index in [2.05, 4.69) is 41.3 Å². The highest BCUT2D eigenvalue weighted by molar-refractivity contribution is 9.11. The van der Waals surface area contributed by atoms with E-state index in [4.69, 9.17) is 9.47 Å². The summed E-state index contributed by atoms with van der Waals surface area (Å²) >= 11 is 6.44. The average molecular weight is 501 g/mol. The number of hydrogen-bond acceptors (Lipinski definition) is 7. The number of hydrogen-bond donors (Lipinski definition) is 0. The summed E-state index contributed by atoms with van der Waals surface area (Å²) in [7, 11) is 2.27. The van der Waals surface area contributed by atoms with Crippen LogP contribution in [-0.4, -0.2) is 46.1 Å². The molecule has 26 heavy (non-hydrogen) atoms. The second-order valence-corrected chi connectivity index (χ2v) is 6.60. The maximum Gasteiger partial charge on any atom is 0.387 e. The molecule has 7 nitrogen and oxygen atoms in total. The molecular formula is C15H13Br2F2NO6. The zero-order valence-electron chi connectivity index (χ0n) is 13.6. The Labute approximate surface area is 164 Å². The molecule has 2 rings (SSSR count). The molecule has 0 saturated carbocycles. The molecule has 0 amide bonds. The van der Waals surface area contributed by atoms with Gasteiger partial charge in [-0.15, -0.1) is 0 Å². The first kappa shape index (κ1) is 20.6. The smallest absolute Gasteiger partial charge is 0.387 e. The third kappa shape index (κ3) is 4.33. The van der Waals surface area contributed by atoms with Crippen LogP contribution in [-0.2, 0) is 23.8 Å². The number of benzene rings is 1. The summed E-state index contributed by atoms with van der Waals surface area (Å²) in [5.41, 5.74) is -0.230. The molecule has 1 heterocycles. The number of rotatable bonds is 5. The largest absolute Gasteiger partial charge is 0.466 e. The number of esters is 2. The topological polar surface area (TPSA) is 74.3 Å². The van der Waals surface area contributed by atoms with Crippen molar-refractivity contribution in [3.05, 3.63) is 32.3 Å². The third-order valence-electron chi connectivity index (χ3n) is 3.31. The molecule has 0 N–H and O–H groups in total. The fraction of sp³-hybridized carbons (Fsp3) is 0.333. The van der Waals surface area contributed by atoms with Gasteiger partial charge in [0.05, 0.1) is 26.4 Å². The van der Waals surface area contributed by atoms with Crippen molar-refractivity contribution < 1.29 is 37.3 Å². The van der Waals surface area contributed by atoms with Gasteiger partial charge in [-0.1, -0.05) is 15.9 Å². The molecule has 142 valence electrons. The summed E-state index contributed by atoms with van der Waals surface area (Å²) < 4.78 is 45.7. The number of alkyl halides is 2. The summed E-state index contributed by atoms with van der Waals surface area (Å²) in [6, 6.07) is 2.86. The van der Waals surface area contributed by atoms with Crippen LogP contribution in [0.3, 0.4) is 0 Å². The van der Waals surface area contributed by atoms with Gasteiger partial charge in [0.1, 0.15) is 18.1 Å². The predicted octanol–water partition coefficient (Wildman–Crippen LogP) is 3.21. The van der Waals surface area contributed by atoms with E-state index < -0.39 is 18.6 Å². The fourth-order valence-electron chi connectivity index (χ4n) is 2.31. The van der Waals surface area contributed by atoms with Crippen molar-refractivity contribution in [2.75, 3.05) is 32.5 Å². The first-order valence-corrected chi connectivity index (χ1v) is 8.57. The molecule has 0 aliphatic carbocycles. The number of anilines is 1. The highest BCUT2D eigenvalue weighted by atomic mass is 79.9. The lowest BCUT2D eigenvalue weighted by Gasteiger charge is -2.33. The molecule has 0 saturated heterocycles. The number of nitrogens with zero attached hydrogens (tertiary/aromatic N) is 1. The Bertz CT molecular complexity index is 756. The monoisotopic (exact) mass is 499 g/mol. The minimum Gasteiger partial charge on any atom is -0.466 e. The van der Waals surface area contributed by atoms with Crippen LogP contribution in [0, 0.1) is 0 Å². The molecule has 1 aromatic carbocycles. The fourth-order valence-corrected chi connectivity index (χ4v) is 3.71. The van der Waals surface area contributed by atoms with Crippen LogP contribution >= 0.6 is 31.9 Å². The van der Waals surface area contributed by atoms with Crippen LogP contribution in [0.4, 0.5) is 14.5 Å². The first-order valence-electron chi connectivity index (χ1n) is 6.99. The SMILES string of the molecule is COC(=O)C1=C(C(=O)OC)N(c2c(Br)cc(Br)cc2OC(F)F)COC1. The van der Waals surface area contributed by atoms with Crippen LogP contribution in [0.5, 0.6) is 5.75 Å². The van der Waals surface area contributed by atoms with Crippen molar-refractivity contribution >= 4 is 49.5 Å². The summed E-state index contributed by atoms with van der Waals surface area (Å²) in [5.74, 6) is -1.90.